The van der Waals surface area contributed by atoms with E-state index in [1.165, 1.54) is 0 Å². The molecule has 0 aromatic carbocycles. The number of pyridine rings is 2. The Morgan fingerprint density at radius 3 is 2.72 bits per heavy atom. The molecule has 0 saturated heterocycles. The van der Waals surface area contributed by atoms with Gasteiger partial charge in [-0.15, -0.1) is 11.8 Å². The van der Waals surface area contributed by atoms with Gasteiger partial charge in [-0.1, -0.05) is 23.2 Å². The molecule has 0 fully saturated rings. The Hall–Kier alpha value is -0.970. The van der Waals surface area contributed by atoms with Crippen LogP contribution in [0.1, 0.15) is 11.3 Å². The van der Waals surface area contributed by atoms with Crippen molar-refractivity contribution in [2.24, 2.45) is 0 Å². The van der Waals surface area contributed by atoms with Gasteiger partial charge in [0.1, 0.15) is 11.0 Å². The number of nitrogens with zero attached hydrogens (tertiary/aromatic N) is 2. The molecule has 0 amide bonds. The molecular formula is C12H11Cl2N3S. The number of hydrogen-bond acceptors (Lipinski definition) is 4. The molecule has 0 spiro atoms. The molecule has 2 aromatic rings. The first-order chi connectivity index (χ1) is 8.56. The van der Waals surface area contributed by atoms with Crippen LogP contribution in [0.3, 0.4) is 0 Å². The molecule has 3 nitrogen and oxygen atoms in total. The van der Waals surface area contributed by atoms with Crippen LogP contribution >= 0.6 is 35.0 Å². The normalized spacial score (nSPS) is 10.6. The molecule has 0 bridgehead atoms. The first-order valence-corrected chi connectivity index (χ1v) is 6.96. The number of anilines is 1. The maximum atomic E-state index is 6.15. The molecule has 2 N–H and O–H groups in total. The summed E-state index contributed by atoms with van der Waals surface area (Å²) in [4.78, 5) is 9.23. The average Bonchev–Trinajstić information content (AvgIpc) is 2.30. The van der Waals surface area contributed by atoms with Gasteiger partial charge in [-0.05, 0) is 25.1 Å². The molecule has 18 heavy (non-hydrogen) atoms. The third-order valence-corrected chi connectivity index (χ3v) is 3.95. The second-order valence-corrected chi connectivity index (χ2v) is 5.54. The zero-order valence-corrected chi connectivity index (χ0v) is 12.0. The van der Waals surface area contributed by atoms with Crippen molar-refractivity contribution in [3.63, 3.8) is 0 Å². The van der Waals surface area contributed by atoms with Gasteiger partial charge in [-0.2, -0.15) is 0 Å². The summed E-state index contributed by atoms with van der Waals surface area (Å²) in [5.41, 5.74) is 7.18. The minimum absolute atomic E-state index is 0.455. The fourth-order valence-electron chi connectivity index (χ4n) is 1.38. The third-order valence-electron chi connectivity index (χ3n) is 2.29. The maximum absolute atomic E-state index is 6.15. The Morgan fingerprint density at radius 2 is 2.11 bits per heavy atom. The SMILES string of the molecule is Cc1cc(Cl)c(CSc2ccc(N)nc2)c(Cl)n1. The van der Waals surface area contributed by atoms with Crippen LogP contribution in [0.2, 0.25) is 10.2 Å². The smallest absolute Gasteiger partial charge is 0.134 e. The second kappa shape index (κ2) is 5.78. The predicted molar refractivity (Wildman–Crippen MR) is 77.2 cm³/mol. The second-order valence-electron chi connectivity index (χ2n) is 3.72. The van der Waals surface area contributed by atoms with Crippen molar-refractivity contribution in [1.82, 2.24) is 9.97 Å². The van der Waals surface area contributed by atoms with E-state index in [2.05, 4.69) is 9.97 Å². The van der Waals surface area contributed by atoms with Gasteiger partial charge >= 0.3 is 0 Å². The summed E-state index contributed by atoms with van der Waals surface area (Å²) in [6.07, 6.45) is 1.73. The van der Waals surface area contributed by atoms with Crippen LogP contribution in [0.15, 0.2) is 29.3 Å². The Bertz CT molecular complexity index is 535. The summed E-state index contributed by atoms with van der Waals surface area (Å²) in [5, 5.41) is 1.10. The standard InChI is InChI=1S/C12H11Cl2N3S/c1-7-4-10(13)9(12(14)17-7)6-18-8-2-3-11(15)16-5-8/h2-5H,6H2,1H3,(H2,15,16). The molecular weight excluding hydrogens is 289 g/mol. The highest BCUT2D eigenvalue weighted by Crippen LogP contribution is 2.30. The third kappa shape index (κ3) is 3.28. The van der Waals surface area contributed by atoms with E-state index in [-0.39, 0.29) is 0 Å². The fraction of sp³-hybridized carbons (Fsp3) is 0.167. The van der Waals surface area contributed by atoms with Crippen molar-refractivity contribution in [3.8, 4) is 0 Å². The van der Waals surface area contributed by atoms with E-state index in [0.717, 1.165) is 16.2 Å². The zero-order chi connectivity index (χ0) is 13.1. The highest BCUT2D eigenvalue weighted by Gasteiger charge is 2.09. The van der Waals surface area contributed by atoms with Crippen LogP contribution in [0.25, 0.3) is 0 Å². The van der Waals surface area contributed by atoms with Gasteiger partial charge in [0.2, 0.25) is 0 Å². The molecule has 0 atom stereocenters. The largest absolute Gasteiger partial charge is 0.384 e. The Morgan fingerprint density at radius 1 is 1.33 bits per heavy atom. The summed E-state index contributed by atoms with van der Waals surface area (Å²) in [7, 11) is 0. The molecule has 0 unspecified atom stereocenters. The highest BCUT2D eigenvalue weighted by atomic mass is 35.5. The predicted octanol–water partition coefficient (Wildman–Crippen LogP) is 3.97. The lowest BCUT2D eigenvalue weighted by Crippen LogP contribution is -1.92. The minimum Gasteiger partial charge on any atom is -0.384 e. The van der Waals surface area contributed by atoms with E-state index in [1.54, 1.807) is 24.0 Å². The molecule has 0 saturated carbocycles. The van der Waals surface area contributed by atoms with Crippen LogP contribution in [0.4, 0.5) is 5.82 Å². The van der Waals surface area contributed by atoms with Gasteiger partial charge in [-0.3, -0.25) is 0 Å². The molecule has 94 valence electrons. The monoisotopic (exact) mass is 299 g/mol. The topological polar surface area (TPSA) is 51.8 Å². The highest BCUT2D eigenvalue weighted by molar-refractivity contribution is 7.98. The quantitative estimate of drug-likeness (QED) is 0.688. The van der Waals surface area contributed by atoms with E-state index in [4.69, 9.17) is 28.9 Å². The summed E-state index contributed by atoms with van der Waals surface area (Å²) in [6.45, 7) is 1.86. The van der Waals surface area contributed by atoms with Crippen molar-refractivity contribution in [3.05, 3.63) is 45.8 Å². The number of nitrogens with two attached hydrogens (primary N) is 1. The van der Waals surface area contributed by atoms with Gasteiger partial charge in [0.15, 0.2) is 0 Å². The number of halogens is 2. The first-order valence-electron chi connectivity index (χ1n) is 5.22. The average molecular weight is 300 g/mol. The number of rotatable bonds is 3. The van der Waals surface area contributed by atoms with E-state index >= 15 is 0 Å². The van der Waals surface area contributed by atoms with Crippen LogP contribution in [-0.2, 0) is 5.75 Å². The van der Waals surface area contributed by atoms with Crippen molar-refractivity contribution in [1.29, 1.82) is 0 Å². The summed E-state index contributed by atoms with van der Waals surface area (Å²) >= 11 is 13.8. The van der Waals surface area contributed by atoms with Crippen LogP contribution in [0, 0.1) is 6.92 Å². The number of thioether (sulfide) groups is 1. The van der Waals surface area contributed by atoms with Crippen molar-refractivity contribution in [2.75, 3.05) is 5.73 Å². The lowest BCUT2D eigenvalue weighted by atomic mass is 10.3. The molecule has 2 rings (SSSR count). The minimum atomic E-state index is 0.455. The Balaban J connectivity index is 2.13. The van der Waals surface area contributed by atoms with Crippen LogP contribution < -0.4 is 5.73 Å². The van der Waals surface area contributed by atoms with Gasteiger partial charge in [-0.25, -0.2) is 9.97 Å². The Kier molecular flexibility index (Phi) is 4.32. The lowest BCUT2D eigenvalue weighted by molar-refractivity contribution is 1.16. The molecule has 0 aliphatic heterocycles. The van der Waals surface area contributed by atoms with E-state index < -0.39 is 0 Å². The molecule has 2 aromatic heterocycles. The Labute approximate surface area is 120 Å². The van der Waals surface area contributed by atoms with E-state index in [0.29, 0.717) is 21.7 Å². The number of nitrogen functional groups attached to an aromatic ring is 1. The summed E-state index contributed by atoms with van der Waals surface area (Å²) in [6, 6.07) is 5.49. The number of hydrogen-bond donors (Lipinski definition) is 1. The van der Waals surface area contributed by atoms with Crippen LogP contribution in [-0.4, -0.2) is 9.97 Å². The van der Waals surface area contributed by atoms with E-state index in [9.17, 15) is 0 Å². The molecule has 0 aliphatic rings. The van der Waals surface area contributed by atoms with Gasteiger partial charge in [0.25, 0.3) is 0 Å². The molecule has 2 heterocycles. The molecule has 6 heteroatoms. The van der Waals surface area contributed by atoms with E-state index in [1.807, 2.05) is 19.1 Å². The van der Waals surface area contributed by atoms with Gasteiger partial charge in [0, 0.05) is 33.1 Å². The van der Waals surface area contributed by atoms with Gasteiger partial charge < -0.3 is 5.73 Å². The lowest BCUT2D eigenvalue weighted by Gasteiger charge is -2.07. The number of aromatic nitrogens is 2. The fourth-order valence-corrected chi connectivity index (χ4v) is 3.10. The van der Waals surface area contributed by atoms with Crippen LogP contribution in [0.5, 0.6) is 0 Å². The van der Waals surface area contributed by atoms with Crippen molar-refractivity contribution in [2.45, 2.75) is 17.6 Å². The van der Waals surface area contributed by atoms with Crippen molar-refractivity contribution >= 4 is 40.8 Å². The maximum Gasteiger partial charge on any atom is 0.134 e. The van der Waals surface area contributed by atoms with Gasteiger partial charge in [0.05, 0.1) is 0 Å². The zero-order valence-electron chi connectivity index (χ0n) is 9.65. The first kappa shape index (κ1) is 13.5. The molecule has 0 radical (unpaired) electrons. The summed E-state index contributed by atoms with van der Waals surface area (Å²) in [5.74, 6) is 1.16. The molecule has 0 aliphatic carbocycles. The number of aryl methyl sites for hydroxylation is 1. The van der Waals surface area contributed by atoms with Crippen molar-refractivity contribution < 1.29 is 0 Å². The summed E-state index contributed by atoms with van der Waals surface area (Å²) < 4.78 is 0.